The van der Waals surface area contributed by atoms with Gasteiger partial charge in [-0.15, -0.1) is 0 Å². The summed E-state index contributed by atoms with van der Waals surface area (Å²) in [6, 6.07) is 14.5. The van der Waals surface area contributed by atoms with E-state index in [1.54, 1.807) is 37.5 Å². The summed E-state index contributed by atoms with van der Waals surface area (Å²) in [5, 5.41) is 2.79. The van der Waals surface area contributed by atoms with E-state index < -0.39 is 0 Å². The average molecular weight is 324 g/mol. The molecule has 0 atom stereocenters. The van der Waals surface area contributed by atoms with Gasteiger partial charge in [0.1, 0.15) is 5.75 Å². The van der Waals surface area contributed by atoms with Crippen LogP contribution in [-0.2, 0) is 16.0 Å². The number of allylic oxidation sites excluding steroid dienone is 1. The van der Waals surface area contributed by atoms with E-state index in [-0.39, 0.29) is 18.2 Å². The quantitative estimate of drug-likeness (QED) is 0.802. The predicted octanol–water partition coefficient (Wildman–Crippen LogP) is 2.77. The van der Waals surface area contributed by atoms with Crippen LogP contribution in [0.25, 0.3) is 5.57 Å². The molecule has 3 N–H and O–H groups in total. The van der Waals surface area contributed by atoms with E-state index in [2.05, 4.69) is 5.32 Å². The maximum Gasteiger partial charge on any atom is 0.248 e. The van der Waals surface area contributed by atoms with Crippen molar-refractivity contribution in [1.82, 2.24) is 0 Å². The largest absolute Gasteiger partial charge is 0.497 e. The number of ether oxygens (including phenoxy) is 1. The maximum atomic E-state index is 12.1. The molecule has 0 bridgehead atoms. The monoisotopic (exact) mass is 324 g/mol. The average Bonchev–Trinajstić information content (AvgIpc) is 2.56. The lowest BCUT2D eigenvalue weighted by Crippen LogP contribution is -2.13. The predicted molar refractivity (Wildman–Crippen MR) is 94.6 cm³/mol. The zero-order valence-corrected chi connectivity index (χ0v) is 13.7. The molecule has 0 aliphatic carbocycles. The van der Waals surface area contributed by atoms with E-state index in [0.717, 1.165) is 22.4 Å². The van der Waals surface area contributed by atoms with Crippen molar-refractivity contribution in [3.63, 3.8) is 0 Å². The highest BCUT2D eigenvalue weighted by Gasteiger charge is 2.03. The second-order valence-corrected chi connectivity index (χ2v) is 5.39. The third-order valence-corrected chi connectivity index (χ3v) is 3.49. The highest BCUT2D eigenvalue weighted by Crippen LogP contribution is 2.18. The number of carbonyl (C=O) groups is 2. The molecule has 2 rings (SSSR count). The van der Waals surface area contributed by atoms with Crippen molar-refractivity contribution in [3.8, 4) is 5.75 Å². The number of methoxy groups -OCH3 is 1. The SMILES string of the molecule is COc1ccc(/C(C)=C/C(=O)Nc2ccc(CC(N)=O)cc2)cc1. The first-order chi connectivity index (χ1) is 11.5. The van der Waals surface area contributed by atoms with Gasteiger partial charge in [-0.1, -0.05) is 24.3 Å². The Morgan fingerprint density at radius 3 is 2.25 bits per heavy atom. The zero-order valence-electron chi connectivity index (χ0n) is 13.7. The van der Waals surface area contributed by atoms with Crippen molar-refractivity contribution in [1.29, 1.82) is 0 Å². The van der Waals surface area contributed by atoms with E-state index in [4.69, 9.17) is 10.5 Å². The van der Waals surface area contributed by atoms with Crippen LogP contribution in [0.5, 0.6) is 5.75 Å². The number of hydrogen-bond acceptors (Lipinski definition) is 3. The second kappa shape index (κ2) is 7.97. The Labute approximate surface area is 141 Å². The number of carbonyl (C=O) groups excluding carboxylic acids is 2. The molecule has 5 heteroatoms. The van der Waals surface area contributed by atoms with Crippen molar-refractivity contribution in [2.45, 2.75) is 13.3 Å². The third kappa shape index (κ3) is 4.98. The Bertz CT molecular complexity index is 747. The lowest BCUT2D eigenvalue weighted by atomic mass is 10.1. The minimum absolute atomic E-state index is 0.185. The van der Waals surface area contributed by atoms with Gasteiger partial charge in [-0.2, -0.15) is 0 Å². The van der Waals surface area contributed by atoms with Gasteiger partial charge in [-0.3, -0.25) is 9.59 Å². The fraction of sp³-hybridized carbons (Fsp3) is 0.158. The van der Waals surface area contributed by atoms with Gasteiger partial charge in [0.05, 0.1) is 13.5 Å². The molecule has 2 aromatic carbocycles. The lowest BCUT2D eigenvalue weighted by Gasteiger charge is -2.06. The molecule has 24 heavy (non-hydrogen) atoms. The number of rotatable bonds is 6. The summed E-state index contributed by atoms with van der Waals surface area (Å²) >= 11 is 0. The Hall–Kier alpha value is -3.08. The van der Waals surface area contributed by atoms with Crippen LogP contribution in [0.15, 0.2) is 54.6 Å². The molecule has 2 aromatic rings. The summed E-state index contributed by atoms with van der Waals surface area (Å²) < 4.78 is 5.11. The van der Waals surface area contributed by atoms with Crippen LogP contribution >= 0.6 is 0 Å². The van der Waals surface area contributed by atoms with E-state index in [1.165, 1.54) is 0 Å². The smallest absolute Gasteiger partial charge is 0.248 e. The Morgan fingerprint density at radius 2 is 1.71 bits per heavy atom. The van der Waals surface area contributed by atoms with Crippen molar-refractivity contribution in [2.24, 2.45) is 5.73 Å². The molecular formula is C19H20N2O3. The van der Waals surface area contributed by atoms with Crippen LogP contribution in [0.3, 0.4) is 0 Å². The van der Waals surface area contributed by atoms with E-state index >= 15 is 0 Å². The van der Waals surface area contributed by atoms with Crippen molar-refractivity contribution in [3.05, 3.63) is 65.7 Å². The molecule has 0 fully saturated rings. The number of hydrogen-bond donors (Lipinski definition) is 2. The Balaban J connectivity index is 2.01. The molecule has 0 aromatic heterocycles. The molecule has 0 saturated carbocycles. The summed E-state index contributed by atoms with van der Waals surface area (Å²) in [5.41, 5.74) is 8.41. The van der Waals surface area contributed by atoms with Gasteiger partial charge in [0.2, 0.25) is 11.8 Å². The van der Waals surface area contributed by atoms with E-state index in [9.17, 15) is 9.59 Å². The van der Waals surface area contributed by atoms with Crippen molar-refractivity contribution < 1.29 is 14.3 Å². The molecule has 0 spiro atoms. The zero-order chi connectivity index (χ0) is 17.5. The van der Waals surface area contributed by atoms with Crippen LogP contribution in [-0.4, -0.2) is 18.9 Å². The number of benzene rings is 2. The normalized spacial score (nSPS) is 11.0. The summed E-state index contributed by atoms with van der Waals surface area (Å²) in [7, 11) is 1.61. The molecule has 5 nitrogen and oxygen atoms in total. The summed E-state index contributed by atoms with van der Waals surface area (Å²) in [4.78, 5) is 23.0. The molecule has 0 saturated heterocycles. The number of primary amides is 1. The summed E-state index contributed by atoms with van der Waals surface area (Å²) in [5.74, 6) is 0.169. The third-order valence-electron chi connectivity index (χ3n) is 3.49. The number of nitrogens with one attached hydrogen (secondary N) is 1. The van der Waals surface area contributed by atoms with Gasteiger partial charge in [0, 0.05) is 11.8 Å². The minimum atomic E-state index is -0.384. The summed E-state index contributed by atoms with van der Waals surface area (Å²) in [6.07, 6.45) is 1.73. The van der Waals surface area contributed by atoms with Gasteiger partial charge in [0.25, 0.3) is 0 Å². The standard InChI is InChI=1S/C19H20N2O3/c1-13(15-5-9-17(24-2)10-6-15)11-19(23)21-16-7-3-14(4-8-16)12-18(20)22/h3-11H,12H2,1-2H3,(H2,20,22)(H,21,23)/b13-11+. The Morgan fingerprint density at radius 1 is 1.08 bits per heavy atom. The van der Waals surface area contributed by atoms with Crippen LogP contribution in [0, 0.1) is 0 Å². The van der Waals surface area contributed by atoms with Crippen LogP contribution in [0.2, 0.25) is 0 Å². The number of amides is 2. The highest BCUT2D eigenvalue weighted by molar-refractivity contribution is 6.03. The molecular weight excluding hydrogens is 304 g/mol. The molecule has 0 unspecified atom stereocenters. The molecule has 0 radical (unpaired) electrons. The second-order valence-electron chi connectivity index (χ2n) is 5.39. The fourth-order valence-electron chi connectivity index (χ4n) is 2.22. The van der Waals surface area contributed by atoms with Crippen LogP contribution < -0.4 is 15.8 Å². The molecule has 0 aliphatic rings. The Kier molecular flexibility index (Phi) is 5.73. The first kappa shape index (κ1) is 17.3. The minimum Gasteiger partial charge on any atom is -0.497 e. The fourth-order valence-corrected chi connectivity index (χ4v) is 2.22. The molecule has 0 heterocycles. The summed E-state index contributed by atoms with van der Waals surface area (Å²) in [6.45, 7) is 1.87. The molecule has 124 valence electrons. The lowest BCUT2D eigenvalue weighted by molar-refractivity contribution is -0.117. The van der Waals surface area contributed by atoms with E-state index in [1.807, 2.05) is 31.2 Å². The van der Waals surface area contributed by atoms with Crippen LogP contribution in [0.1, 0.15) is 18.1 Å². The molecule has 2 amide bonds. The first-order valence-corrected chi connectivity index (χ1v) is 7.49. The maximum absolute atomic E-state index is 12.1. The van der Waals surface area contributed by atoms with Gasteiger partial charge < -0.3 is 15.8 Å². The van der Waals surface area contributed by atoms with Gasteiger partial charge in [-0.05, 0) is 47.9 Å². The van der Waals surface area contributed by atoms with Gasteiger partial charge >= 0.3 is 0 Å². The first-order valence-electron chi connectivity index (χ1n) is 7.49. The van der Waals surface area contributed by atoms with E-state index in [0.29, 0.717) is 5.69 Å². The van der Waals surface area contributed by atoms with Crippen molar-refractivity contribution in [2.75, 3.05) is 12.4 Å². The number of nitrogens with two attached hydrogens (primary N) is 1. The van der Waals surface area contributed by atoms with Crippen LogP contribution in [0.4, 0.5) is 5.69 Å². The topological polar surface area (TPSA) is 81.4 Å². The van der Waals surface area contributed by atoms with Crippen molar-refractivity contribution >= 4 is 23.1 Å². The number of anilines is 1. The molecule has 0 aliphatic heterocycles. The van der Waals surface area contributed by atoms with Gasteiger partial charge in [0.15, 0.2) is 0 Å². The van der Waals surface area contributed by atoms with Gasteiger partial charge in [-0.25, -0.2) is 0 Å². The highest BCUT2D eigenvalue weighted by atomic mass is 16.5.